The van der Waals surface area contributed by atoms with Crippen molar-refractivity contribution in [3.05, 3.63) is 29.8 Å². The molecule has 142 valence electrons. The second kappa shape index (κ2) is 9.94. The third-order valence-electron chi connectivity index (χ3n) is 4.90. The number of carbonyl (C=O) groups excluding carboxylic acids is 2. The largest absolute Gasteiger partial charge is 0.481 e. The summed E-state index contributed by atoms with van der Waals surface area (Å²) in [7, 11) is 0. The van der Waals surface area contributed by atoms with Gasteiger partial charge < -0.3 is 15.7 Å². The van der Waals surface area contributed by atoms with Crippen LogP contribution < -0.4 is 10.6 Å². The Labute approximate surface area is 154 Å². The first-order chi connectivity index (χ1) is 12.4. The van der Waals surface area contributed by atoms with Crippen molar-refractivity contribution in [1.29, 1.82) is 0 Å². The Morgan fingerprint density at radius 1 is 1.12 bits per heavy atom. The zero-order chi connectivity index (χ0) is 18.9. The minimum Gasteiger partial charge on any atom is -0.481 e. The number of rotatable bonds is 9. The second-order valence-electron chi connectivity index (χ2n) is 7.15. The summed E-state index contributed by atoms with van der Waals surface area (Å²) in [4.78, 5) is 34.6. The van der Waals surface area contributed by atoms with E-state index in [1.54, 1.807) is 31.2 Å². The number of carboxylic acids is 1. The molecule has 0 radical (unpaired) electrons. The highest BCUT2D eigenvalue weighted by molar-refractivity contribution is 5.94. The average molecular weight is 360 g/mol. The number of carboxylic acid groups (broad SMARTS) is 1. The Kier molecular flexibility index (Phi) is 7.63. The lowest BCUT2D eigenvalue weighted by atomic mass is 10.0. The summed E-state index contributed by atoms with van der Waals surface area (Å²) < 4.78 is 0. The molecule has 0 spiro atoms. The van der Waals surface area contributed by atoms with Gasteiger partial charge in [-0.15, -0.1) is 0 Å². The maximum atomic E-state index is 11.9. The van der Waals surface area contributed by atoms with Crippen molar-refractivity contribution in [2.75, 3.05) is 11.9 Å². The van der Waals surface area contributed by atoms with Gasteiger partial charge in [0.15, 0.2) is 0 Å². The fourth-order valence-electron chi connectivity index (χ4n) is 3.27. The van der Waals surface area contributed by atoms with Crippen LogP contribution in [0.25, 0.3) is 0 Å². The summed E-state index contributed by atoms with van der Waals surface area (Å²) in [6.45, 7) is 1.62. The van der Waals surface area contributed by atoms with Gasteiger partial charge in [0.05, 0.1) is 12.5 Å². The zero-order valence-electron chi connectivity index (χ0n) is 15.3. The van der Waals surface area contributed by atoms with E-state index in [0.29, 0.717) is 24.4 Å². The van der Waals surface area contributed by atoms with Crippen molar-refractivity contribution in [3.63, 3.8) is 0 Å². The van der Waals surface area contributed by atoms with Gasteiger partial charge in [-0.25, -0.2) is 0 Å². The first-order valence-electron chi connectivity index (χ1n) is 9.32. The molecular weight excluding hydrogens is 332 g/mol. The van der Waals surface area contributed by atoms with Crippen molar-refractivity contribution in [1.82, 2.24) is 5.32 Å². The van der Waals surface area contributed by atoms with E-state index in [0.717, 1.165) is 12.0 Å². The molecule has 0 heterocycles. The van der Waals surface area contributed by atoms with Gasteiger partial charge in [0.1, 0.15) is 0 Å². The number of aliphatic carboxylic acids is 1. The zero-order valence-corrected chi connectivity index (χ0v) is 15.3. The summed E-state index contributed by atoms with van der Waals surface area (Å²) in [5.41, 5.74) is 1.53. The van der Waals surface area contributed by atoms with E-state index in [2.05, 4.69) is 10.6 Å². The van der Waals surface area contributed by atoms with Gasteiger partial charge in [-0.05, 0) is 36.5 Å². The maximum absolute atomic E-state index is 11.9. The van der Waals surface area contributed by atoms with Crippen LogP contribution in [0.1, 0.15) is 51.0 Å². The number of anilines is 1. The minimum atomic E-state index is -0.828. The van der Waals surface area contributed by atoms with Crippen molar-refractivity contribution in [2.45, 2.75) is 51.9 Å². The van der Waals surface area contributed by atoms with E-state index in [9.17, 15) is 14.4 Å². The number of hydrogen-bond acceptors (Lipinski definition) is 3. The molecule has 3 N–H and O–H groups in total. The van der Waals surface area contributed by atoms with Gasteiger partial charge in [0.25, 0.3) is 0 Å². The van der Waals surface area contributed by atoms with Crippen molar-refractivity contribution >= 4 is 23.5 Å². The molecule has 2 amide bonds. The fraction of sp³-hybridized carbons (Fsp3) is 0.550. The molecule has 26 heavy (non-hydrogen) atoms. The van der Waals surface area contributed by atoms with Crippen molar-refractivity contribution in [2.24, 2.45) is 11.8 Å². The predicted octanol–water partition coefficient (Wildman–Crippen LogP) is 2.97. The predicted molar refractivity (Wildman–Crippen MR) is 99.8 cm³/mol. The Bertz CT molecular complexity index is 621. The number of benzene rings is 1. The van der Waals surface area contributed by atoms with Crippen LogP contribution in [0.3, 0.4) is 0 Å². The lowest BCUT2D eigenvalue weighted by Gasteiger charge is -2.10. The molecule has 0 aromatic heterocycles. The fourth-order valence-corrected chi connectivity index (χ4v) is 3.27. The smallest absolute Gasteiger partial charge is 0.306 e. The lowest BCUT2D eigenvalue weighted by molar-refractivity contribution is -0.141. The quantitative estimate of drug-likeness (QED) is 0.631. The summed E-state index contributed by atoms with van der Waals surface area (Å²) in [5, 5.41) is 14.3. The van der Waals surface area contributed by atoms with E-state index in [-0.39, 0.29) is 18.4 Å². The normalized spacial score (nSPS) is 15.4. The number of amides is 2. The Morgan fingerprint density at radius 2 is 1.77 bits per heavy atom. The highest BCUT2D eigenvalue weighted by atomic mass is 16.4. The standard InChI is InChI=1S/C20H28N2O4/c1-14(20(25)26)12-16-6-9-17(10-7-16)22-19(24)13-21-18(23)11-8-15-4-2-3-5-15/h6-7,9-10,14-15H,2-5,8,11-13H2,1H3,(H,21,23)(H,22,24)(H,25,26). The summed E-state index contributed by atoms with van der Waals surface area (Å²) in [6.07, 6.45) is 6.80. The summed E-state index contributed by atoms with van der Waals surface area (Å²) in [5.74, 6) is -0.964. The van der Waals surface area contributed by atoms with Crippen molar-refractivity contribution < 1.29 is 19.5 Å². The van der Waals surface area contributed by atoms with E-state index >= 15 is 0 Å². The third-order valence-corrected chi connectivity index (χ3v) is 4.90. The monoisotopic (exact) mass is 360 g/mol. The SMILES string of the molecule is CC(Cc1ccc(NC(=O)CNC(=O)CCC2CCCC2)cc1)C(=O)O. The Morgan fingerprint density at radius 3 is 2.38 bits per heavy atom. The lowest BCUT2D eigenvalue weighted by Crippen LogP contribution is -2.32. The average Bonchev–Trinajstić information content (AvgIpc) is 3.13. The molecule has 1 saturated carbocycles. The van der Waals surface area contributed by atoms with Crippen LogP contribution in [0.2, 0.25) is 0 Å². The molecule has 0 bridgehead atoms. The molecule has 1 aliphatic carbocycles. The van der Waals surface area contributed by atoms with Crippen LogP contribution in [-0.2, 0) is 20.8 Å². The van der Waals surface area contributed by atoms with Gasteiger partial charge in [0.2, 0.25) is 11.8 Å². The van der Waals surface area contributed by atoms with E-state index in [4.69, 9.17) is 5.11 Å². The van der Waals surface area contributed by atoms with Crippen molar-refractivity contribution in [3.8, 4) is 0 Å². The first-order valence-corrected chi connectivity index (χ1v) is 9.32. The van der Waals surface area contributed by atoms with Crippen LogP contribution in [-0.4, -0.2) is 29.4 Å². The van der Waals surface area contributed by atoms with Crippen LogP contribution >= 0.6 is 0 Å². The Balaban J connectivity index is 1.68. The van der Waals surface area contributed by atoms with Crippen LogP contribution in [0.5, 0.6) is 0 Å². The third kappa shape index (κ3) is 6.86. The molecule has 1 aromatic rings. The molecule has 1 fully saturated rings. The van der Waals surface area contributed by atoms with E-state index < -0.39 is 11.9 Å². The molecule has 2 rings (SSSR count). The van der Waals surface area contributed by atoms with Crippen LogP contribution in [0.15, 0.2) is 24.3 Å². The number of hydrogen-bond donors (Lipinski definition) is 3. The molecule has 0 aliphatic heterocycles. The number of carbonyl (C=O) groups is 3. The van der Waals surface area contributed by atoms with Gasteiger partial charge in [-0.3, -0.25) is 14.4 Å². The second-order valence-corrected chi connectivity index (χ2v) is 7.15. The van der Waals surface area contributed by atoms with Crippen LogP contribution in [0, 0.1) is 11.8 Å². The maximum Gasteiger partial charge on any atom is 0.306 e. The molecule has 1 aromatic carbocycles. The topological polar surface area (TPSA) is 95.5 Å². The molecule has 6 nitrogen and oxygen atoms in total. The molecule has 0 saturated heterocycles. The number of nitrogens with one attached hydrogen (secondary N) is 2. The molecular formula is C20H28N2O4. The highest BCUT2D eigenvalue weighted by Gasteiger charge is 2.16. The summed E-state index contributed by atoms with van der Waals surface area (Å²) >= 11 is 0. The molecule has 1 unspecified atom stereocenters. The molecule has 1 aliphatic rings. The Hall–Kier alpha value is -2.37. The van der Waals surface area contributed by atoms with Gasteiger partial charge in [-0.1, -0.05) is 44.7 Å². The minimum absolute atomic E-state index is 0.0404. The van der Waals surface area contributed by atoms with E-state index in [1.165, 1.54) is 25.7 Å². The highest BCUT2D eigenvalue weighted by Crippen LogP contribution is 2.28. The van der Waals surface area contributed by atoms with Gasteiger partial charge >= 0.3 is 5.97 Å². The van der Waals surface area contributed by atoms with Gasteiger partial charge in [-0.2, -0.15) is 0 Å². The molecule has 1 atom stereocenters. The van der Waals surface area contributed by atoms with Crippen LogP contribution in [0.4, 0.5) is 5.69 Å². The molecule has 6 heteroatoms. The van der Waals surface area contributed by atoms with E-state index in [1.807, 2.05) is 0 Å². The first kappa shape index (κ1) is 19.9. The summed E-state index contributed by atoms with van der Waals surface area (Å²) in [6, 6.07) is 7.08. The van der Waals surface area contributed by atoms with Gasteiger partial charge in [0, 0.05) is 12.1 Å².